The van der Waals surface area contributed by atoms with Crippen LogP contribution in [0.5, 0.6) is 17.2 Å². The van der Waals surface area contributed by atoms with E-state index in [1.807, 2.05) is 68.4 Å². The first-order valence-corrected chi connectivity index (χ1v) is 10.8. The van der Waals surface area contributed by atoms with Crippen LogP contribution in [-0.2, 0) is 11.4 Å². The zero-order valence-electron chi connectivity index (χ0n) is 18.2. The third-order valence-corrected chi connectivity index (χ3v) is 5.16. The molecule has 0 fully saturated rings. The highest BCUT2D eigenvalue weighted by molar-refractivity contribution is 9.10. The number of benzene rings is 3. The fraction of sp³-hybridized carbons (Fsp3) is 0.200. The number of rotatable bonds is 9. The molecular weight excluding hydrogens is 472 g/mol. The Labute approximate surface area is 196 Å². The molecular formula is C25H25BrN2O4. The number of carbonyl (C=O) groups is 1. The molecule has 6 nitrogen and oxygen atoms in total. The summed E-state index contributed by atoms with van der Waals surface area (Å²) in [5.41, 5.74) is 6.38. The third kappa shape index (κ3) is 6.59. The minimum Gasteiger partial charge on any atom is -0.493 e. The van der Waals surface area contributed by atoms with E-state index in [-0.39, 0.29) is 12.5 Å². The van der Waals surface area contributed by atoms with Gasteiger partial charge in [-0.2, -0.15) is 5.10 Å². The van der Waals surface area contributed by atoms with Gasteiger partial charge in [-0.15, -0.1) is 0 Å². The van der Waals surface area contributed by atoms with Crippen LogP contribution in [0.3, 0.4) is 0 Å². The highest BCUT2D eigenvalue weighted by Crippen LogP contribution is 2.36. The van der Waals surface area contributed by atoms with E-state index >= 15 is 0 Å². The molecule has 7 heteroatoms. The van der Waals surface area contributed by atoms with Crippen LogP contribution >= 0.6 is 15.9 Å². The lowest BCUT2D eigenvalue weighted by Gasteiger charge is -2.13. The largest absolute Gasteiger partial charge is 0.493 e. The second-order valence-corrected chi connectivity index (χ2v) is 8.01. The summed E-state index contributed by atoms with van der Waals surface area (Å²) in [6, 6.07) is 19.3. The van der Waals surface area contributed by atoms with Gasteiger partial charge in [0.15, 0.2) is 18.1 Å². The number of hydrazone groups is 1. The highest BCUT2D eigenvalue weighted by Gasteiger charge is 2.12. The summed E-state index contributed by atoms with van der Waals surface area (Å²) in [6.45, 7) is 4.24. The molecule has 0 saturated carbocycles. The zero-order chi connectivity index (χ0) is 22.9. The van der Waals surface area contributed by atoms with Crippen LogP contribution in [0, 0.1) is 13.8 Å². The first-order valence-electron chi connectivity index (χ1n) is 10.0. The molecule has 1 N–H and O–H groups in total. The quantitative estimate of drug-likeness (QED) is 0.327. The Morgan fingerprint density at radius 3 is 2.53 bits per heavy atom. The van der Waals surface area contributed by atoms with E-state index in [9.17, 15) is 4.79 Å². The SMILES string of the molecule is COc1cc(C=NNC(=O)COc2ccc(C)cc2C)cc(Br)c1OCc1ccccc1. The minimum absolute atomic E-state index is 0.124. The smallest absolute Gasteiger partial charge is 0.277 e. The van der Waals surface area contributed by atoms with Crippen LogP contribution in [0.1, 0.15) is 22.3 Å². The first-order chi connectivity index (χ1) is 15.5. The fourth-order valence-corrected chi connectivity index (χ4v) is 3.57. The predicted octanol–water partition coefficient (Wildman–Crippen LogP) is 5.18. The minimum atomic E-state index is -0.352. The van der Waals surface area contributed by atoms with Gasteiger partial charge in [0.2, 0.25) is 0 Å². The molecule has 0 spiro atoms. The molecule has 3 rings (SSSR count). The number of amides is 1. The van der Waals surface area contributed by atoms with Crippen molar-refractivity contribution in [1.29, 1.82) is 0 Å². The molecule has 0 bridgehead atoms. The average Bonchev–Trinajstić information content (AvgIpc) is 2.78. The van der Waals surface area contributed by atoms with Gasteiger partial charge in [0, 0.05) is 0 Å². The molecule has 0 radical (unpaired) electrons. The third-order valence-electron chi connectivity index (χ3n) is 4.57. The van der Waals surface area contributed by atoms with Crippen molar-refractivity contribution in [1.82, 2.24) is 5.43 Å². The number of hydrogen-bond donors (Lipinski definition) is 1. The second-order valence-electron chi connectivity index (χ2n) is 7.16. The Bertz CT molecular complexity index is 1100. The number of nitrogens with one attached hydrogen (secondary N) is 1. The number of methoxy groups -OCH3 is 1. The monoisotopic (exact) mass is 496 g/mol. The van der Waals surface area contributed by atoms with E-state index in [2.05, 4.69) is 26.5 Å². The molecule has 166 valence electrons. The molecule has 0 aliphatic heterocycles. The molecule has 3 aromatic rings. The molecule has 0 saturated heterocycles. The number of aryl methyl sites for hydroxylation is 2. The first kappa shape index (κ1) is 23.3. The van der Waals surface area contributed by atoms with E-state index in [1.54, 1.807) is 13.2 Å². The van der Waals surface area contributed by atoms with Gasteiger partial charge in [-0.05, 0) is 64.7 Å². The van der Waals surface area contributed by atoms with Crippen molar-refractivity contribution in [2.75, 3.05) is 13.7 Å². The molecule has 0 aliphatic rings. The van der Waals surface area contributed by atoms with Gasteiger partial charge in [0.25, 0.3) is 5.91 Å². The van der Waals surface area contributed by atoms with Crippen LogP contribution in [0.2, 0.25) is 0 Å². The summed E-state index contributed by atoms with van der Waals surface area (Å²) < 4.78 is 17.7. The lowest BCUT2D eigenvalue weighted by Crippen LogP contribution is -2.24. The molecule has 1 amide bonds. The van der Waals surface area contributed by atoms with Crippen molar-refractivity contribution in [2.45, 2.75) is 20.5 Å². The van der Waals surface area contributed by atoms with Gasteiger partial charge in [-0.25, -0.2) is 5.43 Å². The standard InChI is InChI=1S/C25H25BrN2O4/c1-17-9-10-22(18(2)11-17)31-16-24(29)28-27-14-20-12-21(26)25(23(13-20)30-3)32-15-19-7-5-4-6-8-19/h4-14H,15-16H2,1-3H3,(H,28,29). The molecule has 0 aromatic heterocycles. The Hall–Kier alpha value is -3.32. The summed E-state index contributed by atoms with van der Waals surface area (Å²) >= 11 is 3.52. The number of halogens is 1. The predicted molar refractivity (Wildman–Crippen MR) is 129 cm³/mol. The number of hydrogen-bond acceptors (Lipinski definition) is 5. The molecule has 0 aliphatic carbocycles. The summed E-state index contributed by atoms with van der Waals surface area (Å²) in [6.07, 6.45) is 1.53. The van der Waals surface area contributed by atoms with Gasteiger partial charge in [0.05, 0.1) is 17.8 Å². The molecule has 0 atom stereocenters. The Balaban J connectivity index is 1.57. The van der Waals surface area contributed by atoms with Crippen LogP contribution in [0.25, 0.3) is 0 Å². The number of carbonyl (C=O) groups excluding carboxylic acids is 1. The lowest BCUT2D eigenvalue weighted by molar-refractivity contribution is -0.123. The Morgan fingerprint density at radius 1 is 1.03 bits per heavy atom. The van der Waals surface area contributed by atoms with Gasteiger partial charge >= 0.3 is 0 Å². The fourth-order valence-electron chi connectivity index (χ4n) is 3.00. The van der Waals surface area contributed by atoms with Gasteiger partial charge in [-0.1, -0.05) is 48.0 Å². The Morgan fingerprint density at radius 2 is 1.81 bits per heavy atom. The van der Waals surface area contributed by atoms with E-state index in [0.717, 1.165) is 26.7 Å². The van der Waals surface area contributed by atoms with E-state index in [1.165, 1.54) is 6.21 Å². The summed E-state index contributed by atoms with van der Waals surface area (Å²) in [5, 5.41) is 4.01. The van der Waals surface area contributed by atoms with Crippen molar-refractivity contribution in [3.05, 3.63) is 87.4 Å². The molecule has 3 aromatic carbocycles. The second kappa shape index (κ2) is 11.3. The van der Waals surface area contributed by atoms with Crippen LogP contribution < -0.4 is 19.6 Å². The maximum Gasteiger partial charge on any atom is 0.277 e. The Kier molecular flexibility index (Phi) is 8.27. The number of nitrogens with zero attached hydrogens (tertiary/aromatic N) is 1. The topological polar surface area (TPSA) is 69.2 Å². The van der Waals surface area contributed by atoms with E-state index in [4.69, 9.17) is 14.2 Å². The van der Waals surface area contributed by atoms with Crippen molar-refractivity contribution in [2.24, 2.45) is 5.10 Å². The highest BCUT2D eigenvalue weighted by atomic mass is 79.9. The van der Waals surface area contributed by atoms with Gasteiger partial charge < -0.3 is 14.2 Å². The van der Waals surface area contributed by atoms with E-state index < -0.39 is 0 Å². The van der Waals surface area contributed by atoms with Crippen LogP contribution in [0.15, 0.2) is 70.2 Å². The average molecular weight is 497 g/mol. The maximum atomic E-state index is 12.0. The lowest BCUT2D eigenvalue weighted by atomic mass is 10.1. The maximum absolute atomic E-state index is 12.0. The van der Waals surface area contributed by atoms with Crippen LogP contribution in [-0.4, -0.2) is 25.8 Å². The summed E-state index contributed by atoms with van der Waals surface area (Å²) in [4.78, 5) is 12.0. The summed E-state index contributed by atoms with van der Waals surface area (Å²) in [7, 11) is 1.57. The molecule has 0 heterocycles. The zero-order valence-corrected chi connectivity index (χ0v) is 19.8. The van der Waals surface area contributed by atoms with E-state index in [0.29, 0.717) is 23.9 Å². The van der Waals surface area contributed by atoms with Crippen molar-refractivity contribution >= 4 is 28.1 Å². The summed E-state index contributed by atoms with van der Waals surface area (Å²) in [5.74, 6) is 1.48. The van der Waals surface area contributed by atoms with Crippen LogP contribution in [0.4, 0.5) is 0 Å². The van der Waals surface area contributed by atoms with Crippen molar-refractivity contribution < 1.29 is 19.0 Å². The van der Waals surface area contributed by atoms with Gasteiger partial charge in [0.1, 0.15) is 12.4 Å². The van der Waals surface area contributed by atoms with Gasteiger partial charge in [-0.3, -0.25) is 4.79 Å². The van der Waals surface area contributed by atoms with Crippen molar-refractivity contribution in [3.8, 4) is 17.2 Å². The number of ether oxygens (including phenoxy) is 3. The normalized spacial score (nSPS) is 10.8. The molecule has 0 unspecified atom stereocenters. The molecule has 32 heavy (non-hydrogen) atoms. The van der Waals surface area contributed by atoms with Crippen molar-refractivity contribution in [3.63, 3.8) is 0 Å².